The van der Waals surface area contributed by atoms with Crippen LogP contribution in [0.2, 0.25) is 0 Å². The summed E-state index contributed by atoms with van der Waals surface area (Å²) >= 11 is 0. The number of aromatic hydroxyl groups is 2. The zero-order chi connectivity index (χ0) is 35.0. The first kappa shape index (κ1) is 34.6. The van der Waals surface area contributed by atoms with E-state index in [-0.39, 0.29) is 53.6 Å². The number of hydrogen-bond donors (Lipinski definition) is 2. The average molecular weight is 685 g/mol. The van der Waals surface area contributed by atoms with E-state index in [2.05, 4.69) is 0 Å². The van der Waals surface area contributed by atoms with Crippen molar-refractivity contribution >= 4 is 0 Å². The van der Waals surface area contributed by atoms with Gasteiger partial charge in [-0.05, 0) is 66.9 Å². The molecular weight excluding hydrogens is 640 g/mol. The average Bonchev–Trinajstić information content (AvgIpc) is 3.72. The largest absolute Gasteiger partial charge is 0.502 e. The van der Waals surface area contributed by atoms with Crippen LogP contribution in [0.5, 0.6) is 51.7 Å². The van der Waals surface area contributed by atoms with Gasteiger partial charge in [0.15, 0.2) is 46.4 Å². The van der Waals surface area contributed by atoms with Crippen molar-refractivity contribution in [2.75, 3.05) is 62.5 Å². The van der Waals surface area contributed by atoms with Crippen LogP contribution in [0.15, 0.2) is 36.4 Å². The summed E-state index contributed by atoms with van der Waals surface area (Å²) in [4.78, 5) is 0. The molecule has 6 atom stereocenters. The van der Waals surface area contributed by atoms with Crippen molar-refractivity contribution in [2.45, 2.75) is 44.1 Å². The highest BCUT2D eigenvalue weighted by molar-refractivity contribution is 5.56. The molecule has 13 heteroatoms. The van der Waals surface area contributed by atoms with Crippen molar-refractivity contribution < 1.29 is 62.3 Å². The molecule has 13 nitrogen and oxygen atoms in total. The van der Waals surface area contributed by atoms with Crippen LogP contribution in [0.3, 0.4) is 0 Å². The van der Waals surface area contributed by atoms with Gasteiger partial charge in [-0.1, -0.05) is 0 Å². The number of fused-ring (bicyclic) bond motifs is 1. The molecule has 0 aliphatic carbocycles. The minimum absolute atomic E-state index is 0.0307. The summed E-state index contributed by atoms with van der Waals surface area (Å²) in [6.45, 7) is 4.74. The highest BCUT2D eigenvalue weighted by atomic mass is 16.7. The van der Waals surface area contributed by atoms with Crippen molar-refractivity contribution in [2.24, 2.45) is 11.8 Å². The van der Waals surface area contributed by atoms with E-state index in [1.807, 2.05) is 26.0 Å². The van der Waals surface area contributed by atoms with Gasteiger partial charge in [-0.2, -0.15) is 0 Å². The quantitative estimate of drug-likeness (QED) is 0.263. The van der Waals surface area contributed by atoms with Crippen molar-refractivity contribution in [3.05, 3.63) is 53.1 Å². The fourth-order valence-corrected chi connectivity index (χ4v) is 6.89. The van der Waals surface area contributed by atoms with Gasteiger partial charge in [0.25, 0.3) is 0 Å². The molecule has 3 saturated heterocycles. The number of ether oxygens (including phenoxy) is 11. The first-order valence-corrected chi connectivity index (χ1v) is 15.9. The first-order valence-electron chi connectivity index (χ1n) is 15.9. The number of rotatable bonds is 11. The van der Waals surface area contributed by atoms with Gasteiger partial charge in [-0.15, -0.1) is 0 Å². The lowest BCUT2D eigenvalue weighted by Gasteiger charge is -2.41. The number of methoxy groups -OCH3 is 6. The van der Waals surface area contributed by atoms with Crippen molar-refractivity contribution in [3.8, 4) is 51.7 Å². The normalized spacial score (nSPS) is 25.7. The molecule has 0 unspecified atom stereocenters. The fourth-order valence-electron chi connectivity index (χ4n) is 6.89. The van der Waals surface area contributed by atoms with E-state index in [4.69, 9.17) is 52.1 Å². The molecule has 2 N–H and O–H groups in total. The fraction of sp³-hybridized carbons (Fsp3) is 0.500. The Hall–Kier alpha value is -4.30. The van der Waals surface area contributed by atoms with Crippen LogP contribution in [0.4, 0.5) is 0 Å². The van der Waals surface area contributed by atoms with E-state index in [0.29, 0.717) is 47.5 Å². The van der Waals surface area contributed by atoms with E-state index in [1.54, 1.807) is 38.5 Å². The Morgan fingerprint density at radius 1 is 0.551 bits per heavy atom. The number of phenols is 2. The maximum Gasteiger partial charge on any atom is 0.204 e. The minimum atomic E-state index is -0.922. The lowest BCUT2D eigenvalue weighted by atomic mass is 9.84. The van der Waals surface area contributed by atoms with E-state index in [9.17, 15) is 10.2 Å². The van der Waals surface area contributed by atoms with Gasteiger partial charge in [0.05, 0.1) is 74.7 Å². The van der Waals surface area contributed by atoms with Gasteiger partial charge >= 0.3 is 0 Å². The lowest BCUT2D eigenvalue weighted by molar-refractivity contribution is -0.302. The number of benzene rings is 3. The molecule has 3 heterocycles. The second kappa shape index (κ2) is 13.9. The second-order valence-electron chi connectivity index (χ2n) is 12.5. The SMILES string of the molecule is COc1cc([C@@H]2OC[C@@H]3[C@H]2CO[C@H]3c2cc(OC)c(O[C@H]3COC(C)(C)O[C@H]3c3cc(OC)c(O)c(OC)c3)c(OC)c2)cc(OC)c1O. The minimum Gasteiger partial charge on any atom is -0.502 e. The smallest absolute Gasteiger partial charge is 0.204 e. The first-order chi connectivity index (χ1) is 23.6. The maximum atomic E-state index is 10.5. The second-order valence-corrected chi connectivity index (χ2v) is 12.5. The summed E-state index contributed by atoms with van der Waals surface area (Å²) in [6.07, 6.45) is -1.89. The Morgan fingerprint density at radius 2 is 0.918 bits per heavy atom. The van der Waals surface area contributed by atoms with Crippen LogP contribution >= 0.6 is 0 Å². The van der Waals surface area contributed by atoms with Gasteiger partial charge in [0, 0.05) is 11.8 Å². The van der Waals surface area contributed by atoms with Crippen LogP contribution in [0, 0.1) is 11.8 Å². The summed E-state index contributed by atoms with van der Waals surface area (Å²) in [7, 11) is 9.05. The third kappa shape index (κ3) is 6.43. The highest BCUT2D eigenvalue weighted by Crippen LogP contribution is 2.54. The molecule has 0 radical (unpaired) electrons. The third-order valence-electron chi connectivity index (χ3n) is 9.35. The monoisotopic (exact) mass is 684 g/mol. The van der Waals surface area contributed by atoms with Gasteiger partial charge < -0.3 is 62.3 Å². The number of phenolic OH excluding ortho intramolecular Hbond substituents is 2. The summed E-state index contributed by atoms with van der Waals surface area (Å²) in [5.41, 5.74) is 2.34. The van der Waals surface area contributed by atoms with Crippen molar-refractivity contribution in [3.63, 3.8) is 0 Å². The molecule has 0 spiro atoms. The molecule has 0 amide bonds. The Bertz CT molecular complexity index is 1580. The molecule has 6 rings (SSSR count). The molecule has 266 valence electrons. The Labute approximate surface area is 285 Å². The molecule has 3 aliphatic rings. The van der Waals surface area contributed by atoms with Crippen molar-refractivity contribution in [1.29, 1.82) is 0 Å². The van der Waals surface area contributed by atoms with Gasteiger partial charge in [0.2, 0.25) is 17.2 Å². The van der Waals surface area contributed by atoms with Crippen LogP contribution in [0.1, 0.15) is 48.8 Å². The Morgan fingerprint density at radius 3 is 1.31 bits per heavy atom. The van der Waals surface area contributed by atoms with E-state index >= 15 is 0 Å². The molecule has 3 aliphatic heterocycles. The lowest BCUT2D eigenvalue weighted by Crippen LogP contribution is -2.46. The molecule has 0 saturated carbocycles. The van der Waals surface area contributed by atoms with Gasteiger partial charge in [-0.3, -0.25) is 0 Å². The zero-order valence-electron chi connectivity index (χ0n) is 28.9. The Kier molecular flexibility index (Phi) is 9.81. The third-order valence-corrected chi connectivity index (χ3v) is 9.35. The number of hydrogen-bond acceptors (Lipinski definition) is 13. The van der Waals surface area contributed by atoms with E-state index in [0.717, 1.165) is 11.1 Å². The summed E-state index contributed by atoms with van der Waals surface area (Å²) < 4.78 is 65.0. The molecule has 49 heavy (non-hydrogen) atoms. The molecule has 3 aromatic carbocycles. The molecule has 0 aromatic heterocycles. The molecule has 3 fully saturated rings. The Balaban J connectivity index is 1.29. The maximum absolute atomic E-state index is 10.5. The standard InChI is InChI=1S/C36H44O13/c1-36(2)47-17-29(34(49-36)20-11-25(41-5)31(38)26(12-20)42-6)48-35-27(43-7)13-19(14-28(35)44-8)33-22-16-45-32(21(22)15-46-33)18-9-23(39-3)30(37)24(10-18)40-4/h9-14,21-22,29,32-34,37-38H,15-17H2,1-8H3/t21-,22-,29+,32+,33+,34+/m1/s1. The highest BCUT2D eigenvalue weighted by Gasteiger charge is 2.49. The molecule has 0 bridgehead atoms. The predicted molar refractivity (Wildman–Crippen MR) is 175 cm³/mol. The topological polar surface area (TPSA) is 142 Å². The zero-order valence-corrected chi connectivity index (χ0v) is 28.9. The van der Waals surface area contributed by atoms with Crippen molar-refractivity contribution in [1.82, 2.24) is 0 Å². The van der Waals surface area contributed by atoms with Gasteiger partial charge in [-0.25, -0.2) is 0 Å². The van der Waals surface area contributed by atoms with Crippen LogP contribution in [-0.2, 0) is 18.9 Å². The van der Waals surface area contributed by atoms with Crippen LogP contribution in [0.25, 0.3) is 0 Å². The summed E-state index contributed by atoms with van der Waals surface area (Å²) in [5.74, 6) is 1.30. The summed E-state index contributed by atoms with van der Waals surface area (Å²) in [6, 6.07) is 10.7. The van der Waals surface area contributed by atoms with Crippen LogP contribution < -0.4 is 33.2 Å². The van der Waals surface area contributed by atoms with E-state index in [1.165, 1.54) is 28.4 Å². The molecular formula is C36H44O13. The van der Waals surface area contributed by atoms with E-state index < -0.39 is 18.0 Å². The van der Waals surface area contributed by atoms with Crippen LogP contribution in [-0.4, -0.2) is 84.6 Å². The summed E-state index contributed by atoms with van der Waals surface area (Å²) in [5, 5.41) is 21.0. The molecule has 3 aromatic rings. The van der Waals surface area contributed by atoms with Gasteiger partial charge in [0.1, 0.15) is 6.10 Å². The predicted octanol–water partition coefficient (Wildman–Crippen LogP) is 5.50.